The average molecular weight is 353 g/mol. The van der Waals surface area contributed by atoms with Crippen molar-refractivity contribution in [1.29, 1.82) is 0 Å². The third-order valence-corrected chi connectivity index (χ3v) is 4.73. The van der Waals surface area contributed by atoms with Gasteiger partial charge in [-0.05, 0) is 69.8 Å². The highest BCUT2D eigenvalue weighted by Crippen LogP contribution is 2.23. The molecule has 0 radical (unpaired) electrons. The van der Waals surface area contributed by atoms with Crippen LogP contribution >= 0.6 is 15.9 Å². The smallest absolute Gasteiger partial charge is 0.220 e. The summed E-state index contributed by atoms with van der Waals surface area (Å²) in [5.41, 5.74) is 0.793. The van der Waals surface area contributed by atoms with Crippen molar-refractivity contribution in [3.8, 4) is 0 Å². The third-order valence-electron chi connectivity index (χ3n) is 4.20. The number of nitrogens with one attached hydrogen (secondary N) is 2. The molecule has 0 aromatic heterocycles. The van der Waals surface area contributed by atoms with E-state index >= 15 is 0 Å². The Labute approximate surface area is 136 Å². The second-order valence-electron chi connectivity index (χ2n) is 6.43. The SMILES string of the molecule is CC(C)(NC(=O)CCC1CCCNC1)c1ccc(Br)cc1. The van der Waals surface area contributed by atoms with Crippen LogP contribution in [0, 0.1) is 5.92 Å². The highest BCUT2D eigenvalue weighted by atomic mass is 79.9. The zero-order valence-electron chi connectivity index (χ0n) is 12.9. The average Bonchev–Trinajstić information content (AvgIpc) is 2.46. The monoisotopic (exact) mass is 352 g/mol. The molecule has 1 fully saturated rings. The molecular formula is C17H25BrN2O. The van der Waals surface area contributed by atoms with Crippen molar-refractivity contribution >= 4 is 21.8 Å². The molecule has 1 aliphatic heterocycles. The zero-order valence-corrected chi connectivity index (χ0v) is 14.5. The van der Waals surface area contributed by atoms with Crippen LogP contribution in [0.25, 0.3) is 0 Å². The topological polar surface area (TPSA) is 41.1 Å². The molecule has 1 heterocycles. The summed E-state index contributed by atoms with van der Waals surface area (Å²) in [6.07, 6.45) is 4.08. The van der Waals surface area contributed by atoms with E-state index in [1.807, 2.05) is 12.1 Å². The molecule has 1 amide bonds. The van der Waals surface area contributed by atoms with Crippen molar-refractivity contribution in [2.45, 2.75) is 45.1 Å². The molecule has 21 heavy (non-hydrogen) atoms. The Kier molecular flexibility index (Phi) is 5.82. The van der Waals surface area contributed by atoms with Gasteiger partial charge in [0.2, 0.25) is 5.91 Å². The maximum absolute atomic E-state index is 12.2. The fourth-order valence-corrected chi connectivity index (χ4v) is 3.12. The largest absolute Gasteiger partial charge is 0.347 e. The van der Waals surface area contributed by atoms with Crippen molar-refractivity contribution in [1.82, 2.24) is 10.6 Å². The van der Waals surface area contributed by atoms with Gasteiger partial charge in [0.05, 0.1) is 5.54 Å². The van der Waals surface area contributed by atoms with Crippen LogP contribution in [0.1, 0.15) is 45.1 Å². The summed E-state index contributed by atoms with van der Waals surface area (Å²) in [6.45, 7) is 6.29. The Hall–Kier alpha value is -0.870. The third kappa shape index (κ3) is 5.11. The van der Waals surface area contributed by atoms with Gasteiger partial charge >= 0.3 is 0 Å². The van der Waals surface area contributed by atoms with Gasteiger partial charge < -0.3 is 10.6 Å². The van der Waals surface area contributed by atoms with Crippen LogP contribution in [0.4, 0.5) is 0 Å². The quantitative estimate of drug-likeness (QED) is 0.850. The van der Waals surface area contributed by atoms with Crippen molar-refractivity contribution < 1.29 is 4.79 Å². The molecule has 1 aromatic rings. The highest BCUT2D eigenvalue weighted by molar-refractivity contribution is 9.10. The number of benzene rings is 1. The highest BCUT2D eigenvalue weighted by Gasteiger charge is 2.23. The van der Waals surface area contributed by atoms with E-state index in [1.54, 1.807) is 0 Å². The van der Waals surface area contributed by atoms with Gasteiger partial charge in [0.15, 0.2) is 0 Å². The number of halogens is 1. The molecule has 3 nitrogen and oxygen atoms in total. The maximum atomic E-state index is 12.2. The van der Waals surface area contributed by atoms with E-state index in [0.717, 1.165) is 29.5 Å². The van der Waals surface area contributed by atoms with E-state index < -0.39 is 0 Å². The lowest BCUT2D eigenvalue weighted by Crippen LogP contribution is -2.41. The van der Waals surface area contributed by atoms with Crippen molar-refractivity contribution in [2.75, 3.05) is 13.1 Å². The van der Waals surface area contributed by atoms with E-state index in [4.69, 9.17) is 0 Å². The van der Waals surface area contributed by atoms with Crippen molar-refractivity contribution in [2.24, 2.45) is 5.92 Å². The fourth-order valence-electron chi connectivity index (χ4n) is 2.86. The standard InChI is InChI=1S/C17H25BrN2O/c1-17(2,14-6-8-15(18)9-7-14)20-16(21)10-5-13-4-3-11-19-12-13/h6-9,13,19H,3-5,10-12H2,1-2H3,(H,20,21). The number of rotatable bonds is 5. The molecule has 0 bridgehead atoms. The van der Waals surface area contributed by atoms with E-state index in [9.17, 15) is 4.79 Å². The van der Waals surface area contributed by atoms with Gasteiger partial charge in [0.25, 0.3) is 0 Å². The Morgan fingerprint density at radius 1 is 1.38 bits per heavy atom. The molecule has 1 aliphatic rings. The molecule has 1 aromatic carbocycles. The second kappa shape index (κ2) is 7.41. The molecule has 0 saturated carbocycles. The Morgan fingerprint density at radius 2 is 2.10 bits per heavy atom. The number of hydrogen-bond acceptors (Lipinski definition) is 2. The van der Waals surface area contributed by atoms with Crippen LogP contribution in [0.15, 0.2) is 28.7 Å². The predicted octanol–water partition coefficient (Wildman–Crippen LogP) is 3.58. The van der Waals surface area contributed by atoms with Crippen molar-refractivity contribution in [3.63, 3.8) is 0 Å². The summed E-state index contributed by atoms with van der Waals surface area (Å²) in [5, 5.41) is 6.56. The van der Waals surface area contributed by atoms with Gasteiger partial charge in [0.1, 0.15) is 0 Å². The summed E-state index contributed by atoms with van der Waals surface area (Å²) in [7, 11) is 0. The van der Waals surface area contributed by atoms with Crippen molar-refractivity contribution in [3.05, 3.63) is 34.3 Å². The summed E-state index contributed by atoms with van der Waals surface area (Å²) < 4.78 is 1.05. The Bertz CT molecular complexity index is 464. The van der Waals surface area contributed by atoms with Crippen LogP contribution in [0.2, 0.25) is 0 Å². The Morgan fingerprint density at radius 3 is 2.71 bits per heavy atom. The molecule has 1 atom stereocenters. The normalized spacial score (nSPS) is 19.3. The molecule has 2 N–H and O–H groups in total. The van der Waals surface area contributed by atoms with Crippen LogP contribution in [0.5, 0.6) is 0 Å². The van der Waals surface area contributed by atoms with E-state index in [1.165, 1.54) is 12.8 Å². The number of amides is 1. The minimum Gasteiger partial charge on any atom is -0.347 e. The second-order valence-corrected chi connectivity index (χ2v) is 7.35. The molecule has 0 aliphatic carbocycles. The van der Waals surface area contributed by atoms with Crippen LogP contribution in [0.3, 0.4) is 0 Å². The first kappa shape index (κ1) is 16.5. The molecule has 2 rings (SSSR count). The van der Waals surface area contributed by atoms with Gasteiger partial charge in [-0.25, -0.2) is 0 Å². The summed E-state index contributed by atoms with van der Waals surface area (Å²) >= 11 is 3.44. The number of piperidine rings is 1. The minimum atomic E-state index is -0.331. The van der Waals surface area contributed by atoms with Gasteiger partial charge in [0, 0.05) is 10.9 Å². The van der Waals surface area contributed by atoms with Crippen LogP contribution in [-0.4, -0.2) is 19.0 Å². The lowest BCUT2D eigenvalue weighted by atomic mass is 9.92. The lowest BCUT2D eigenvalue weighted by Gasteiger charge is -2.28. The van der Waals surface area contributed by atoms with Gasteiger partial charge in [-0.2, -0.15) is 0 Å². The Balaban J connectivity index is 1.84. The van der Waals surface area contributed by atoms with E-state index in [2.05, 4.69) is 52.5 Å². The zero-order chi connectivity index (χ0) is 15.3. The molecular weight excluding hydrogens is 328 g/mol. The fraction of sp³-hybridized carbons (Fsp3) is 0.588. The lowest BCUT2D eigenvalue weighted by molar-refractivity contribution is -0.123. The predicted molar refractivity (Wildman–Crippen MR) is 90.1 cm³/mol. The minimum absolute atomic E-state index is 0.147. The number of carbonyl (C=O) groups excluding carboxylic acids is 1. The molecule has 0 spiro atoms. The number of hydrogen-bond donors (Lipinski definition) is 2. The molecule has 116 valence electrons. The van der Waals surface area contributed by atoms with Gasteiger partial charge in [-0.15, -0.1) is 0 Å². The van der Waals surface area contributed by atoms with Gasteiger partial charge in [-0.3, -0.25) is 4.79 Å². The van der Waals surface area contributed by atoms with E-state index in [-0.39, 0.29) is 11.4 Å². The molecule has 1 saturated heterocycles. The first-order valence-corrected chi connectivity index (χ1v) is 8.54. The van der Waals surface area contributed by atoms with Crippen LogP contribution < -0.4 is 10.6 Å². The summed E-state index contributed by atoms with van der Waals surface area (Å²) in [6, 6.07) is 8.12. The number of carbonyl (C=O) groups is 1. The maximum Gasteiger partial charge on any atom is 0.220 e. The summed E-state index contributed by atoms with van der Waals surface area (Å²) in [4.78, 5) is 12.2. The van der Waals surface area contributed by atoms with Gasteiger partial charge in [-0.1, -0.05) is 28.1 Å². The van der Waals surface area contributed by atoms with E-state index in [0.29, 0.717) is 12.3 Å². The van der Waals surface area contributed by atoms with Crippen LogP contribution in [-0.2, 0) is 10.3 Å². The first-order valence-electron chi connectivity index (χ1n) is 7.75. The summed E-state index contributed by atoms with van der Waals surface area (Å²) in [5.74, 6) is 0.800. The first-order chi connectivity index (χ1) is 9.97. The molecule has 1 unspecified atom stereocenters. The molecule has 4 heteroatoms.